The van der Waals surface area contributed by atoms with E-state index in [-0.39, 0.29) is 0 Å². The van der Waals surface area contributed by atoms with E-state index in [4.69, 9.17) is 0 Å². The van der Waals surface area contributed by atoms with Gasteiger partial charge >= 0.3 is 0 Å². The summed E-state index contributed by atoms with van der Waals surface area (Å²) in [5.74, 6) is 0.357. The Labute approximate surface area is 122 Å². The van der Waals surface area contributed by atoms with Crippen LogP contribution in [0.3, 0.4) is 0 Å². The summed E-state index contributed by atoms with van der Waals surface area (Å²) in [5.41, 5.74) is 0. The molecule has 0 radical (unpaired) electrons. The lowest BCUT2D eigenvalue weighted by Gasteiger charge is -2.33. The number of rotatable bonds is 4. The summed E-state index contributed by atoms with van der Waals surface area (Å²) in [4.78, 5) is 16.8. The molecule has 1 amide bonds. The van der Waals surface area contributed by atoms with Crippen LogP contribution in [-0.2, 0) is 4.79 Å². The summed E-state index contributed by atoms with van der Waals surface area (Å²) in [7, 11) is 0. The molecule has 0 aliphatic carbocycles. The number of amides is 1. The average molecular weight is 279 g/mol. The van der Waals surface area contributed by atoms with E-state index in [0.29, 0.717) is 18.4 Å². The Kier molecular flexibility index (Phi) is 4.94. The van der Waals surface area contributed by atoms with Crippen molar-refractivity contribution in [1.82, 2.24) is 15.1 Å². The summed E-state index contributed by atoms with van der Waals surface area (Å²) in [6.07, 6.45) is 9.73. The first-order valence-electron chi connectivity index (χ1n) is 8.60. The molecular weight excluding hydrogens is 250 g/mol. The molecule has 3 aliphatic heterocycles. The van der Waals surface area contributed by atoms with E-state index in [1.807, 2.05) is 0 Å². The fraction of sp³-hybridized carbons (Fsp3) is 0.938. The zero-order valence-corrected chi connectivity index (χ0v) is 12.6. The van der Waals surface area contributed by atoms with E-state index in [0.717, 1.165) is 25.7 Å². The van der Waals surface area contributed by atoms with E-state index >= 15 is 0 Å². The van der Waals surface area contributed by atoms with E-state index in [2.05, 4.69) is 15.1 Å². The Balaban J connectivity index is 1.38. The zero-order chi connectivity index (χ0) is 13.8. The van der Waals surface area contributed by atoms with Gasteiger partial charge in [0.25, 0.3) is 0 Å². The number of hydrogen-bond acceptors (Lipinski definition) is 3. The van der Waals surface area contributed by atoms with Crippen LogP contribution in [0.2, 0.25) is 0 Å². The monoisotopic (exact) mass is 279 g/mol. The van der Waals surface area contributed by atoms with Crippen LogP contribution in [0.1, 0.15) is 51.4 Å². The highest BCUT2D eigenvalue weighted by Crippen LogP contribution is 2.27. The highest BCUT2D eigenvalue weighted by Gasteiger charge is 2.34. The Morgan fingerprint density at radius 1 is 0.950 bits per heavy atom. The minimum Gasteiger partial charge on any atom is -0.343 e. The third kappa shape index (κ3) is 3.34. The molecule has 3 saturated heterocycles. The van der Waals surface area contributed by atoms with Gasteiger partial charge in [-0.2, -0.15) is 0 Å². The Morgan fingerprint density at radius 3 is 2.60 bits per heavy atom. The van der Waals surface area contributed by atoms with Gasteiger partial charge in [0.15, 0.2) is 0 Å². The summed E-state index contributed by atoms with van der Waals surface area (Å²) in [6, 6.07) is 1.37. The van der Waals surface area contributed by atoms with E-state index < -0.39 is 0 Å². The number of likely N-dealkylation sites (tertiary alicyclic amines) is 1. The van der Waals surface area contributed by atoms with E-state index in [9.17, 15) is 4.79 Å². The van der Waals surface area contributed by atoms with Gasteiger partial charge in [0.1, 0.15) is 0 Å². The maximum Gasteiger partial charge on any atom is 0.223 e. The third-order valence-corrected chi connectivity index (χ3v) is 5.31. The summed E-state index contributed by atoms with van der Waals surface area (Å²) >= 11 is 0. The summed E-state index contributed by atoms with van der Waals surface area (Å²) in [5, 5.41) is 3.66. The lowest BCUT2D eigenvalue weighted by Crippen LogP contribution is -2.46. The second-order valence-corrected chi connectivity index (χ2v) is 6.64. The van der Waals surface area contributed by atoms with Crippen molar-refractivity contribution in [3.05, 3.63) is 0 Å². The first kappa shape index (κ1) is 14.3. The molecule has 3 aliphatic rings. The zero-order valence-electron chi connectivity index (χ0n) is 12.6. The molecule has 0 saturated carbocycles. The van der Waals surface area contributed by atoms with Crippen LogP contribution < -0.4 is 5.32 Å². The first-order valence-corrected chi connectivity index (χ1v) is 8.60. The van der Waals surface area contributed by atoms with Crippen molar-refractivity contribution in [1.29, 1.82) is 0 Å². The molecule has 0 spiro atoms. The highest BCUT2D eigenvalue weighted by atomic mass is 16.2. The number of piperidine rings is 2. The van der Waals surface area contributed by atoms with Gasteiger partial charge in [0.2, 0.25) is 5.91 Å². The maximum absolute atomic E-state index is 12.1. The molecule has 1 N–H and O–H groups in total. The minimum absolute atomic E-state index is 0.357. The quantitative estimate of drug-likeness (QED) is 0.849. The molecule has 0 aromatic rings. The standard InChI is InChI=1S/C16H29N3O/c20-16(19-11-3-1-4-12-19)7-9-17-14-8-13-18-10-5-2-6-15(14)18/h14-15,17H,1-13H2. The van der Waals surface area contributed by atoms with Crippen molar-refractivity contribution in [2.24, 2.45) is 0 Å². The van der Waals surface area contributed by atoms with Crippen molar-refractivity contribution in [2.45, 2.75) is 63.5 Å². The topological polar surface area (TPSA) is 35.6 Å². The normalized spacial score (nSPS) is 31.3. The van der Waals surface area contributed by atoms with Crippen LogP contribution in [0.15, 0.2) is 0 Å². The average Bonchev–Trinajstić information content (AvgIpc) is 2.92. The second-order valence-electron chi connectivity index (χ2n) is 6.64. The minimum atomic E-state index is 0.357. The smallest absolute Gasteiger partial charge is 0.223 e. The van der Waals surface area contributed by atoms with Gasteiger partial charge in [-0.15, -0.1) is 0 Å². The largest absolute Gasteiger partial charge is 0.343 e. The number of nitrogens with zero attached hydrogens (tertiary/aromatic N) is 2. The van der Waals surface area contributed by atoms with Crippen molar-refractivity contribution >= 4 is 5.91 Å². The van der Waals surface area contributed by atoms with Crippen LogP contribution in [-0.4, -0.2) is 60.5 Å². The van der Waals surface area contributed by atoms with Crippen molar-refractivity contribution < 1.29 is 4.79 Å². The predicted octanol–water partition coefficient (Wildman–Crippen LogP) is 1.61. The van der Waals surface area contributed by atoms with Gasteiger partial charge < -0.3 is 10.2 Å². The van der Waals surface area contributed by atoms with Crippen LogP contribution in [0.25, 0.3) is 0 Å². The molecular formula is C16H29N3O. The Bertz CT molecular complexity index is 328. The molecule has 3 heterocycles. The van der Waals surface area contributed by atoms with Crippen LogP contribution in [0, 0.1) is 0 Å². The Morgan fingerprint density at radius 2 is 1.75 bits per heavy atom. The van der Waals surface area contributed by atoms with E-state index in [1.54, 1.807) is 0 Å². The van der Waals surface area contributed by atoms with Gasteiger partial charge in [-0.3, -0.25) is 9.69 Å². The summed E-state index contributed by atoms with van der Waals surface area (Å²) < 4.78 is 0. The van der Waals surface area contributed by atoms with E-state index in [1.165, 1.54) is 58.0 Å². The maximum atomic E-state index is 12.1. The molecule has 2 unspecified atom stereocenters. The number of fused-ring (bicyclic) bond motifs is 1. The molecule has 0 aromatic carbocycles. The molecule has 2 atom stereocenters. The van der Waals surface area contributed by atoms with Gasteiger partial charge in [-0.05, 0) is 45.1 Å². The van der Waals surface area contributed by atoms with Crippen LogP contribution in [0.5, 0.6) is 0 Å². The fourth-order valence-corrected chi connectivity index (χ4v) is 4.15. The Hall–Kier alpha value is -0.610. The fourth-order valence-electron chi connectivity index (χ4n) is 4.15. The second kappa shape index (κ2) is 6.90. The lowest BCUT2D eigenvalue weighted by atomic mass is 9.99. The van der Waals surface area contributed by atoms with Crippen LogP contribution >= 0.6 is 0 Å². The predicted molar refractivity (Wildman–Crippen MR) is 80.7 cm³/mol. The van der Waals surface area contributed by atoms with Gasteiger partial charge in [-0.25, -0.2) is 0 Å². The van der Waals surface area contributed by atoms with Crippen LogP contribution in [0.4, 0.5) is 0 Å². The molecule has 3 fully saturated rings. The lowest BCUT2D eigenvalue weighted by molar-refractivity contribution is -0.132. The molecule has 20 heavy (non-hydrogen) atoms. The van der Waals surface area contributed by atoms with Crippen molar-refractivity contribution in [3.8, 4) is 0 Å². The number of nitrogens with one attached hydrogen (secondary N) is 1. The first-order chi connectivity index (χ1) is 9.84. The molecule has 3 rings (SSSR count). The van der Waals surface area contributed by atoms with Crippen molar-refractivity contribution in [3.63, 3.8) is 0 Å². The molecule has 114 valence electrons. The number of carbonyl (C=O) groups is 1. The number of carbonyl (C=O) groups excluding carboxylic acids is 1. The SMILES string of the molecule is O=C(CCNC1CCN2CCCCC12)N1CCCCC1. The third-order valence-electron chi connectivity index (χ3n) is 5.31. The highest BCUT2D eigenvalue weighted by molar-refractivity contribution is 5.76. The van der Waals surface area contributed by atoms with Gasteiger partial charge in [0.05, 0.1) is 0 Å². The summed E-state index contributed by atoms with van der Waals surface area (Å²) in [6.45, 7) is 5.37. The molecule has 0 aromatic heterocycles. The van der Waals surface area contributed by atoms with Gasteiger partial charge in [-0.1, -0.05) is 6.42 Å². The van der Waals surface area contributed by atoms with Gasteiger partial charge in [0, 0.05) is 44.7 Å². The molecule has 4 heteroatoms. The molecule has 0 bridgehead atoms. The molecule has 4 nitrogen and oxygen atoms in total. The number of hydrogen-bond donors (Lipinski definition) is 1. The van der Waals surface area contributed by atoms with Crippen molar-refractivity contribution in [2.75, 3.05) is 32.7 Å².